The first kappa shape index (κ1) is 53.7. The van der Waals surface area contributed by atoms with Crippen LogP contribution in [0.25, 0.3) is 0 Å². The van der Waals surface area contributed by atoms with Crippen molar-refractivity contribution >= 4 is 108 Å². The van der Waals surface area contributed by atoms with Gasteiger partial charge in [-0.3, -0.25) is 18.5 Å². The van der Waals surface area contributed by atoms with E-state index < -0.39 is 150 Å². The molecule has 0 radical (unpaired) electrons. The number of nitrogens with zero attached hydrogens (tertiary/aromatic N) is 6. The van der Waals surface area contributed by atoms with Crippen LogP contribution in [0.2, 0.25) is 0 Å². The summed E-state index contributed by atoms with van der Waals surface area (Å²) in [6.45, 7) is -2.35. The number of hydrogen-bond acceptors (Lipinski definition) is 23. The molecule has 35 heteroatoms. The number of carboxylic acids is 1. The highest BCUT2D eigenvalue weighted by Gasteiger charge is 2.24. The molecule has 0 spiro atoms. The molecular formula is C33H33N9O21S5. The van der Waals surface area contributed by atoms with E-state index in [-0.39, 0.29) is 27.6 Å². The van der Waals surface area contributed by atoms with Gasteiger partial charge in [-0.15, -0.1) is 20.5 Å². The summed E-state index contributed by atoms with van der Waals surface area (Å²) in [4.78, 5) is 35.3. The van der Waals surface area contributed by atoms with Crippen molar-refractivity contribution in [2.75, 3.05) is 42.3 Å². The molecule has 366 valence electrons. The second-order valence-electron chi connectivity index (χ2n) is 13.0. The average molecular weight is 1050 g/mol. The van der Waals surface area contributed by atoms with Gasteiger partial charge < -0.3 is 31.7 Å². The molecule has 68 heavy (non-hydrogen) atoms. The zero-order valence-corrected chi connectivity index (χ0v) is 37.8. The van der Waals surface area contributed by atoms with Gasteiger partial charge in [-0.05, 0) is 66.7 Å². The Morgan fingerprint density at radius 3 is 1.78 bits per heavy atom. The van der Waals surface area contributed by atoms with Crippen LogP contribution in [0.5, 0.6) is 11.5 Å². The minimum Gasteiger partial charge on any atom is -0.505 e. The maximum Gasteiger partial charge on any atom is 0.397 e. The summed E-state index contributed by atoms with van der Waals surface area (Å²) in [5.41, 5.74) is 1.22. The Kier molecular flexibility index (Phi) is 17.2. The van der Waals surface area contributed by atoms with E-state index in [1.54, 1.807) is 0 Å². The Labute approximate surface area is 383 Å². The van der Waals surface area contributed by atoms with Crippen molar-refractivity contribution in [2.24, 2.45) is 36.4 Å². The molecule has 0 aromatic heterocycles. The van der Waals surface area contributed by atoms with Crippen LogP contribution >= 0.6 is 0 Å². The predicted octanol–water partition coefficient (Wildman–Crippen LogP) is 3.34. The molecule has 0 aliphatic carbocycles. The number of nitrogens with one attached hydrogen (secondary N) is 2. The number of aromatic hydroxyl groups is 2. The van der Waals surface area contributed by atoms with Crippen molar-refractivity contribution in [1.29, 1.82) is 0 Å². The van der Waals surface area contributed by atoms with Crippen molar-refractivity contribution in [2.45, 2.75) is 9.79 Å². The van der Waals surface area contributed by atoms with E-state index in [1.807, 2.05) is 0 Å². The van der Waals surface area contributed by atoms with Gasteiger partial charge in [-0.25, -0.2) is 34.8 Å². The number of urea groups is 1. The Balaban J connectivity index is 1.58. The van der Waals surface area contributed by atoms with Crippen LogP contribution in [0.4, 0.5) is 44.6 Å². The number of anilines is 1. The zero-order chi connectivity index (χ0) is 50.8. The summed E-state index contributed by atoms with van der Waals surface area (Å²) in [7, 11) is -23.1. The monoisotopic (exact) mass is 1050 g/mol. The zero-order valence-electron chi connectivity index (χ0n) is 33.7. The fourth-order valence-electron chi connectivity index (χ4n) is 5.05. The summed E-state index contributed by atoms with van der Waals surface area (Å²) in [5, 5.41) is 58.3. The molecule has 0 bridgehead atoms. The number of benzene rings is 4. The van der Waals surface area contributed by atoms with Gasteiger partial charge in [0.15, 0.2) is 31.1 Å². The minimum absolute atomic E-state index is 0.0942. The van der Waals surface area contributed by atoms with Crippen LogP contribution in [0.3, 0.4) is 0 Å². The summed E-state index contributed by atoms with van der Waals surface area (Å²) >= 11 is 0. The summed E-state index contributed by atoms with van der Waals surface area (Å²) in [5.74, 6) is -7.13. The van der Waals surface area contributed by atoms with E-state index in [1.165, 1.54) is 0 Å². The number of azo groups is 3. The summed E-state index contributed by atoms with van der Waals surface area (Å²) < 4.78 is 151. The number of carbonyl (C=O) groups excluding carboxylic acids is 2. The van der Waals surface area contributed by atoms with Gasteiger partial charge in [-0.1, -0.05) is 0 Å². The average Bonchev–Trinajstić information content (AvgIpc) is 3.21. The van der Waals surface area contributed by atoms with Gasteiger partial charge in [0.2, 0.25) is 0 Å². The van der Waals surface area contributed by atoms with Gasteiger partial charge in [0.25, 0.3) is 16.0 Å². The number of nitrogens with two attached hydrogens (primary N) is 1. The lowest BCUT2D eigenvalue weighted by Crippen LogP contribution is -2.30. The molecule has 0 aliphatic heterocycles. The van der Waals surface area contributed by atoms with Gasteiger partial charge in [-0.2, -0.15) is 35.5 Å². The molecule has 0 atom stereocenters. The van der Waals surface area contributed by atoms with Crippen molar-refractivity contribution in [1.82, 2.24) is 5.32 Å². The first-order chi connectivity index (χ1) is 31.4. The van der Waals surface area contributed by atoms with Crippen LogP contribution in [0, 0.1) is 0 Å². The van der Waals surface area contributed by atoms with Gasteiger partial charge in [0.05, 0.1) is 58.0 Å². The maximum absolute atomic E-state index is 12.7. The lowest BCUT2D eigenvalue weighted by molar-refractivity contribution is 0.0696. The van der Waals surface area contributed by atoms with E-state index in [9.17, 15) is 76.3 Å². The number of amides is 3. The van der Waals surface area contributed by atoms with E-state index >= 15 is 0 Å². The largest absolute Gasteiger partial charge is 0.505 e. The van der Waals surface area contributed by atoms with Crippen molar-refractivity contribution < 1.29 is 93.8 Å². The lowest BCUT2D eigenvalue weighted by Gasteiger charge is -2.09. The van der Waals surface area contributed by atoms with E-state index in [4.69, 9.17) is 14.8 Å². The van der Waals surface area contributed by atoms with Crippen molar-refractivity contribution in [3.05, 3.63) is 77.9 Å². The molecule has 0 heterocycles. The molecule has 4 aromatic rings. The van der Waals surface area contributed by atoms with Gasteiger partial charge >= 0.3 is 32.8 Å². The number of hydrogen-bond donors (Lipinski definition) is 9. The molecule has 0 fully saturated rings. The molecule has 0 saturated heterocycles. The van der Waals surface area contributed by atoms with E-state index in [0.29, 0.717) is 12.1 Å². The smallest absolute Gasteiger partial charge is 0.397 e. The SMILES string of the molecule is NC(=O)Nc1cc(N=Nc2c(O)cc(C(=O)O)c(N=Nc3ccc(S(=O)(=O)CCOS(=O)(=O)O)cc3)c2O)ccc1N=Nc1ccc(C(=O)NCCS(=O)(=O)CCOS(=O)(=O)O)cc1S(=O)(=O)O. The highest BCUT2D eigenvalue weighted by atomic mass is 32.3. The molecule has 10 N–H and O–H groups in total. The van der Waals surface area contributed by atoms with E-state index in [2.05, 4.69) is 49.7 Å². The van der Waals surface area contributed by atoms with Crippen molar-refractivity contribution in [3.63, 3.8) is 0 Å². The Hall–Kier alpha value is -6.96. The molecule has 3 amide bonds. The second kappa shape index (κ2) is 21.8. The predicted molar refractivity (Wildman–Crippen MR) is 230 cm³/mol. The Bertz CT molecular complexity index is 3290. The molecule has 4 rings (SSSR count). The third kappa shape index (κ3) is 16.1. The summed E-state index contributed by atoms with van der Waals surface area (Å²) in [6.07, 6.45) is 0. The van der Waals surface area contributed by atoms with Crippen molar-refractivity contribution in [3.8, 4) is 11.5 Å². The maximum atomic E-state index is 12.7. The molecular weight excluding hydrogens is 1020 g/mol. The normalized spacial score (nSPS) is 12.8. The molecule has 0 saturated carbocycles. The quantitative estimate of drug-likeness (QED) is 0.0402. The number of aromatic carboxylic acids is 1. The lowest BCUT2D eigenvalue weighted by atomic mass is 10.1. The number of phenolic OH excluding ortho intramolecular Hbond substituents is 2. The molecule has 4 aromatic carbocycles. The molecule has 0 aliphatic rings. The third-order valence-corrected chi connectivity index (χ3v) is 13.2. The standard InChI is InChI=1S/C33H33N9O21S5/c34-33(48)36-25-16-20(4-8-23(25)39-40-24-7-1-18(15-27(24)66(53,54)55)31(45)35-9-12-64(49,50)13-10-62-67(56,57)58)38-42-29-26(43)17-22(32(46)47)28(30(29)44)41-37-19-2-5-21(6-3-19)65(51,52)14-11-63-68(59,60)61/h1-8,15-17,43-44H,9-14H2,(H,35,45)(H,46,47)(H3,34,36,48)(H,53,54,55)(H,56,57,58)(H,59,60,61). The van der Waals surface area contributed by atoms with Crippen LogP contribution in [0.15, 0.2) is 107 Å². The number of primary amides is 1. The minimum atomic E-state index is -5.14. The molecule has 0 unspecified atom stereocenters. The Morgan fingerprint density at radius 1 is 0.632 bits per heavy atom. The highest BCUT2D eigenvalue weighted by molar-refractivity contribution is 7.91. The fraction of sp³-hybridized carbons (Fsp3) is 0.182. The molecule has 30 nitrogen and oxygen atoms in total. The fourth-order valence-corrected chi connectivity index (χ4v) is 8.54. The van der Waals surface area contributed by atoms with E-state index in [0.717, 1.165) is 54.6 Å². The Morgan fingerprint density at radius 2 is 1.19 bits per heavy atom. The van der Waals surface area contributed by atoms with Gasteiger partial charge in [0, 0.05) is 12.1 Å². The van der Waals surface area contributed by atoms with Crippen LogP contribution in [-0.2, 0) is 59.0 Å². The number of sulfone groups is 2. The third-order valence-electron chi connectivity index (χ3n) is 8.10. The number of carbonyl (C=O) groups is 3. The second-order valence-corrected chi connectivity index (χ2v) is 20.9. The van der Waals surface area contributed by atoms with Crippen LogP contribution < -0.4 is 16.4 Å². The topological polar surface area (TPSA) is 486 Å². The highest BCUT2D eigenvalue weighted by Crippen LogP contribution is 2.47. The number of carboxylic acid groups (broad SMARTS) is 1. The first-order valence-electron chi connectivity index (χ1n) is 17.9. The van der Waals surface area contributed by atoms with Gasteiger partial charge in [0.1, 0.15) is 27.7 Å². The number of phenols is 2. The first-order valence-corrected chi connectivity index (χ1v) is 25.5. The number of rotatable bonds is 22. The summed E-state index contributed by atoms with van der Waals surface area (Å²) in [6, 6.07) is 9.72. The van der Waals surface area contributed by atoms with Crippen LogP contribution in [-0.4, -0.2) is 126 Å². The van der Waals surface area contributed by atoms with Crippen LogP contribution in [0.1, 0.15) is 20.7 Å².